The van der Waals surface area contributed by atoms with E-state index in [4.69, 9.17) is 18.6 Å². The van der Waals surface area contributed by atoms with Gasteiger partial charge in [-0.1, -0.05) is 48.6 Å². The zero-order valence-electron chi connectivity index (χ0n) is 16.6. The SMILES string of the molecule is CC1(C)O[C@H]2O[C@H](/C=C/c3ccc4oc(-c5ccccc5)cc(=O)c4c3)[C@H](O)[C@H]2O1. The summed E-state index contributed by atoms with van der Waals surface area (Å²) in [5.74, 6) is -0.232. The van der Waals surface area contributed by atoms with Crippen LogP contribution in [0.5, 0.6) is 0 Å². The smallest absolute Gasteiger partial charge is 0.193 e. The highest BCUT2D eigenvalue weighted by molar-refractivity contribution is 5.81. The zero-order valence-corrected chi connectivity index (χ0v) is 16.6. The van der Waals surface area contributed by atoms with Gasteiger partial charge in [0.1, 0.15) is 29.7 Å². The predicted octanol–water partition coefficient (Wildman–Crippen LogP) is 3.71. The molecule has 2 aromatic carbocycles. The van der Waals surface area contributed by atoms with Crippen molar-refractivity contribution < 1.29 is 23.7 Å². The normalized spacial score (nSPS) is 27.7. The minimum absolute atomic E-state index is 0.110. The molecule has 154 valence electrons. The first-order valence-electron chi connectivity index (χ1n) is 9.90. The second-order valence-corrected chi connectivity index (χ2v) is 8.02. The summed E-state index contributed by atoms with van der Waals surface area (Å²) in [4.78, 5) is 12.6. The third kappa shape index (κ3) is 3.48. The maximum Gasteiger partial charge on any atom is 0.193 e. The van der Waals surface area contributed by atoms with Gasteiger partial charge >= 0.3 is 0 Å². The molecule has 2 aliphatic rings. The van der Waals surface area contributed by atoms with Crippen molar-refractivity contribution in [3.63, 3.8) is 0 Å². The number of hydrogen-bond donors (Lipinski definition) is 1. The Labute approximate surface area is 173 Å². The molecule has 0 saturated carbocycles. The molecule has 0 bridgehead atoms. The molecule has 0 unspecified atom stereocenters. The quantitative estimate of drug-likeness (QED) is 0.715. The van der Waals surface area contributed by atoms with Crippen LogP contribution in [0.25, 0.3) is 28.4 Å². The number of hydrogen-bond acceptors (Lipinski definition) is 6. The largest absolute Gasteiger partial charge is 0.456 e. The van der Waals surface area contributed by atoms with Gasteiger partial charge in [-0.3, -0.25) is 4.79 Å². The van der Waals surface area contributed by atoms with E-state index in [1.807, 2.05) is 42.5 Å². The van der Waals surface area contributed by atoms with Crippen LogP contribution in [0, 0.1) is 0 Å². The van der Waals surface area contributed by atoms with Gasteiger partial charge in [-0.2, -0.15) is 0 Å². The zero-order chi connectivity index (χ0) is 20.9. The van der Waals surface area contributed by atoms with Crippen LogP contribution >= 0.6 is 0 Å². The number of rotatable bonds is 3. The number of ether oxygens (including phenoxy) is 3. The maximum absolute atomic E-state index is 12.6. The molecule has 2 fully saturated rings. The number of fused-ring (bicyclic) bond motifs is 2. The lowest BCUT2D eigenvalue weighted by Gasteiger charge is -2.21. The van der Waals surface area contributed by atoms with Crippen LogP contribution in [0.1, 0.15) is 19.4 Å². The van der Waals surface area contributed by atoms with Crippen molar-refractivity contribution >= 4 is 17.0 Å². The number of benzene rings is 2. The molecule has 5 rings (SSSR count). The van der Waals surface area contributed by atoms with Crippen molar-refractivity contribution in [3.05, 3.63) is 76.5 Å². The molecule has 30 heavy (non-hydrogen) atoms. The van der Waals surface area contributed by atoms with Crippen molar-refractivity contribution in [2.24, 2.45) is 0 Å². The average molecular weight is 406 g/mol. The molecule has 2 saturated heterocycles. The summed E-state index contributed by atoms with van der Waals surface area (Å²) < 4.78 is 23.1. The van der Waals surface area contributed by atoms with Crippen LogP contribution in [0.15, 0.2) is 69.9 Å². The van der Waals surface area contributed by atoms with E-state index in [1.54, 1.807) is 32.1 Å². The first-order chi connectivity index (χ1) is 14.4. The van der Waals surface area contributed by atoms with E-state index in [0.29, 0.717) is 16.7 Å². The minimum Gasteiger partial charge on any atom is -0.456 e. The van der Waals surface area contributed by atoms with E-state index >= 15 is 0 Å². The van der Waals surface area contributed by atoms with Crippen molar-refractivity contribution in [1.82, 2.24) is 0 Å². The lowest BCUT2D eigenvalue weighted by Crippen LogP contribution is -2.33. The third-order valence-electron chi connectivity index (χ3n) is 5.34. The highest BCUT2D eigenvalue weighted by Crippen LogP contribution is 2.37. The van der Waals surface area contributed by atoms with Gasteiger partial charge < -0.3 is 23.7 Å². The molecule has 2 aliphatic heterocycles. The predicted molar refractivity (Wildman–Crippen MR) is 112 cm³/mol. The molecule has 0 aliphatic carbocycles. The second-order valence-electron chi connectivity index (χ2n) is 8.02. The van der Waals surface area contributed by atoms with Gasteiger partial charge in [-0.15, -0.1) is 0 Å². The Morgan fingerprint density at radius 1 is 1.03 bits per heavy atom. The van der Waals surface area contributed by atoms with Crippen molar-refractivity contribution in [1.29, 1.82) is 0 Å². The first kappa shape index (κ1) is 19.2. The molecule has 3 aromatic rings. The van der Waals surface area contributed by atoms with E-state index in [1.165, 1.54) is 6.07 Å². The highest BCUT2D eigenvalue weighted by Gasteiger charge is 2.53. The first-order valence-corrected chi connectivity index (χ1v) is 9.90. The Hall–Kier alpha value is -2.77. The summed E-state index contributed by atoms with van der Waals surface area (Å²) in [5, 5.41) is 11.0. The Bertz CT molecular complexity index is 1160. The summed E-state index contributed by atoms with van der Waals surface area (Å²) >= 11 is 0. The highest BCUT2D eigenvalue weighted by atomic mass is 16.8. The molecular weight excluding hydrogens is 384 g/mol. The van der Waals surface area contributed by atoms with Gasteiger partial charge in [0.15, 0.2) is 17.5 Å². The summed E-state index contributed by atoms with van der Waals surface area (Å²) in [6.07, 6.45) is 1.07. The van der Waals surface area contributed by atoms with Gasteiger partial charge in [0.05, 0.1) is 5.39 Å². The van der Waals surface area contributed by atoms with Crippen LogP contribution in [0.4, 0.5) is 0 Å². The Morgan fingerprint density at radius 2 is 1.83 bits per heavy atom. The van der Waals surface area contributed by atoms with Gasteiger partial charge in [-0.25, -0.2) is 0 Å². The molecular formula is C24H22O6. The summed E-state index contributed by atoms with van der Waals surface area (Å²) in [7, 11) is 0. The van der Waals surface area contributed by atoms with E-state index in [2.05, 4.69) is 0 Å². The Morgan fingerprint density at radius 3 is 2.60 bits per heavy atom. The second kappa shape index (κ2) is 7.18. The van der Waals surface area contributed by atoms with Gasteiger partial charge in [0, 0.05) is 11.6 Å². The maximum atomic E-state index is 12.6. The van der Waals surface area contributed by atoms with E-state index in [-0.39, 0.29) is 5.43 Å². The molecule has 4 atom stereocenters. The van der Waals surface area contributed by atoms with Crippen LogP contribution in [-0.2, 0) is 14.2 Å². The third-order valence-corrected chi connectivity index (χ3v) is 5.34. The van der Waals surface area contributed by atoms with Crippen molar-refractivity contribution in [3.8, 4) is 11.3 Å². The molecule has 6 nitrogen and oxygen atoms in total. The molecule has 0 amide bonds. The van der Waals surface area contributed by atoms with E-state index in [0.717, 1.165) is 11.1 Å². The van der Waals surface area contributed by atoms with E-state index in [9.17, 15) is 9.90 Å². The number of aliphatic hydroxyl groups excluding tert-OH is 1. The van der Waals surface area contributed by atoms with Crippen LogP contribution in [0.3, 0.4) is 0 Å². The summed E-state index contributed by atoms with van der Waals surface area (Å²) in [6, 6.07) is 16.4. The molecule has 0 radical (unpaired) electrons. The fourth-order valence-corrected chi connectivity index (χ4v) is 3.90. The molecule has 0 spiro atoms. The van der Waals surface area contributed by atoms with Crippen LogP contribution in [-0.4, -0.2) is 35.5 Å². The molecule has 3 heterocycles. The number of aliphatic hydroxyl groups is 1. The summed E-state index contributed by atoms with van der Waals surface area (Å²) in [6.45, 7) is 3.58. The van der Waals surface area contributed by atoms with Gasteiger partial charge in [0.2, 0.25) is 0 Å². The fraction of sp³-hybridized carbons (Fsp3) is 0.292. The lowest BCUT2D eigenvalue weighted by molar-refractivity contribution is -0.209. The monoisotopic (exact) mass is 406 g/mol. The topological polar surface area (TPSA) is 78.1 Å². The Balaban J connectivity index is 1.38. The van der Waals surface area contributed by atoms with Gasteiger partial charge in [0.25, 0.3) is 0 Å². The van der Waals surface area contributed by atoms with Crippen molar-refractivity contribution in [2.45, 2.75) is 44.2 Å². The molecule has 1 aromatic heterocycles. The Kier molecular flexibility index (Phi) is 4.60. The fourth-order valence-electron chi connectivity index (χ4n) is 3.90. The van der Waals surface area contributed by atoms with Crippen LogP contribution < -0.4 is 5.43 Å². The molecule has 1 N–H and O–H groups in total. The van der Waals surface area contributed by atoms with Crippen LogP contribution in [0.2, 0.25) is 0 Å². The van der Waals surface area contributed by atoms with E-state index < -0.39 is 30.4 Å². The minimum atomic E-state index is -0.827. The standard InChI is InChI=1S/C24H22O6/c1-24(2)29-22-21(26)19(28-23(22)30-24)11-9-14-8-10-18-16(12-14)17(25)13-20(27-18)15-6-4-3-5-7-15/h3-13,19,21-23,26H,1-2H3/b11-9+/t19-,21+,22-,23-/m1/s1. The average Bonchev–Trinajstić information content (AvgIpc) is 3.19. The molecule has 6 heteroatoms. The van der Waals surface area contributed by atoms with Gasteiger partial charge in [-0.05, 0) is 31.5 Å². The summed E-state index contributed by atoms with van der Waals surface area (Å²) in [5.41, 5.74) is 2.07. The van der Waals surface area contributed by atoms with Crippen molar-refractivity contribution in [2.75, 3.05) is 0 Å². The lowest BCUT2D eigenvalue weighted by atomic mass is 10.1.